The van der Waals surface area contributed by atoms with Gasteiger partial charge in [0.25, 0.3) is 15.9 Å². The molecule has 10 heteroatoms. The summed E-state index contributed by atoms with van der Waals surface area (Å²) in [6.45, 7) is 7.88. The van der Waals surface area contributed by atoms with Crippen molar-refractivity contribution in [2.24, 2.45) is 0 Å². The second-order valence-electron chi connectivity index (χ2n) is 10.2. The van der Waals surface area contributed by atoms with Gasteiger partial charge in [-0.25, -0.2) is 13.2 Å². The monoisotopic (exact) mass is 569 g/mol. The number of rotatable bonds is 7. The van der Waals surface area contributed by atoms with Crippen LogP contribution in [0.1, 0.15) is 32.6 Å². The molecule has 1 fully saturated rings. The maximum atomic E-state index is 13.3. The van der Waals surface area contributed by atoms with Crippen molar-refractivity contribution >= 4 is 39.2 Å². The molecule has 1 amide bonds. The minimum atomic E-state index is -3.85. The summed E-state index contributed by atoms with van der Waals surface area (Å²) in [6, 6.07) is 14.0. The van der Waals surface area contributed by atoms with Crippen LogP contribution in [0.3, 0.4) is 0 Å². The van der Waals surface area contributed by atoms with Gasteiger partial charge in [0.2, 0.25) is 0 Å². The summed E-state index contributed by atoms with van der Waals surface area (Å²) in [5.74, 6) is -0.811. The maximum absolute atomic E-state index is 13.3. The van der Waals surface area contributed by atoms with Crippen molar-refractivity contribution in [1.82, 2.24) is 10.2 Å². The van der Waals surface area contributed by atoms with E-state index in [-0.39, 0.29) is 10.8 Å². The van der Waals surface area contributed by atoms with E-state index < -0.39 is 21.5 Å². The molecule has 206 valence electrons. The number of methoxy groups -OCH3 is 1. The van der Waals surface area contributed by atoms with Gasteiger partial charge in [0, 0.05) is 29.4 Å². The lowest BCUT2D eigenvalue weighted by molar-refractivity contribution is -0.155. The Balaban J connectivity index is 1.60. The topological polar surface area (TPSA) is 105 Å². The van der Waals surface area contributed by atoms with Crippen molar-refractivity contribution in [1.29, 1.82) is 0 Å². The summed E-state index contributed by atoms with van der Waals surface area (Å²) in [4.78, 5) is 27.7. The summed E-state index contributed by atoms with van der Waals surface area (Å²) >= 11 is 6.15. The third-order valence-electron chi connectivity index (χ3n) is 6.96. The van der Waals surface area contributed by atoms with Gasteiger partial charge in [0.15, 0.2) is 5.54 Å². The molecule has 0 bridgehead atoms. The first-order valence-corrected chi connectivity index (χ1v) is 14.2. The van der Waals surface area contributed by atoms with Gasteiger partial charge in [0.1, 0.15) is 0 Å². The second kappa shape index (κ2) is 10.6. The number of ether oxygens (including phenoxy) is 1. The van der Waals surface area contributed by atoms with E-state index in [0.29, 0.717) is 40.5 Å². The molecule has 1 heterocycles. The number of aryl methyl sites for hydroxylation is 4. The first kappa shape index (κ1) is 28.6. The Labute approximate surface area is 234 Å². The molecule has 39 heavy (non-hydrogen) atoms. The zero-order valence-electron chi connectivity index (χ0n) is 22.8. The number of carbonyl (C=O) groups excluding carboxylic acids is 2. The van der Waals surface area contributed by atoms with Gasteiger partial charge < -0.3 is 15.0 Å². The number of nitrogens with zero attached hydrogens (tertiary/aromatic N) is 1. The van der Waals surface area contributed by atoms with Crippen LogP contribution in [0.4, 0.5) is 5.69 Å². The average Bonchev–Trinajstić information content (AvgIpc) is 2.83. The number of nitrogens with one attached hydrogen (secondary N) is 2. The van der Waals surface area contributed by atoms with Crippen LogP contribution in [0.2, 0.25) is 5.02 Å². The van der Waals surface area contributed by atoms with Gasteiger partial charge in [-0.2, -0.15) is 0 Å². The molecule has 0 aliphatic carbocycles. The van der Waals surface area contributed by atoms with Crippen molar-refractivity contribution in [3.8, 4) is 11.1 Å². The van der Waals surface area contributed by atoms with Crippen molar-refractivity contribution in [3.63, 3.8) is 0 Å². The van der Waals surface area contributed by atoms with Crippen LogP contribution in [0.5, 0.6) is 0 Å². The first-order valence-electron chi connectivity index (χ1n) is 12.4. The van der Waals surface area contributed by atoms with Crippen molar-refractivity contribution < 1.29 is 22.7 Å². The van der Waals surface area contributed by atoms with Gasteiger partial charge in [-0.3, -0.25) is 9.52 Å². The molecule has 0 spiro atoms. The Hall–Kier alpha value is -3.40. The Morgan fingerprint density at radius 3 is 2.15 bits per heavy atom. The summed E-state index contributed by atoms with van der Waals surface area (Å²) in [7, 11) is -0.670. The van der Waals surface area contributed by atoms with E-state index in [9.17, 15) is 18.0 Å². The van der Waals surface area contributed by atoms with Gasteiger partial charge >= 0.3 is 5.97 Å². The number of sulfonamides is 1. The highest BCUT2D eigenvalue weighted by Crippen LogP contribution is 2.30. The molecule has 3 aromatic carbocycles. The molecule has 8 nitrogen and oxygen atoms in total. The van der Waals surface area contributed by atoms with Crippen LogP contribution in [0, 0.1) is 27.7 Å². The standard InChI is InChI=1S/C29H32ClN3O5S/c1-17-13-25(18(2)12-24(17)30)39(36,37)32-23-9-7-8-21(14-23)22-10-19(3)26(20(4)11-22)27(34)31-29(28(35)38-6)15-33(5)16-29/h7-14,32H,15-16H2,1-6H3,(H,31,34). The Bertz CT molecular complexity index is 1560. The fourth-order valence-electron chi connectivity index (χ4n) is 5.11. The largest absolute Gasteiger partial charge is 0.467 e. The first-order chi connectivity index (χ1) is 18.3. The maximum Gasteiger partial charge on any atom is 0.334 e. The van der Waals surface area contributed by atoms with Gasteiger partial charge in [-0.05, 0) is 92.4 Å². The molecule has 1 saturated heterocycles. The average molecular weight is 570 g/mol. The third-order valence-corrected chi connectivity index (χ3v) is 8.89. The predicted molar refractivity (Wildman–Crippen MR) is 153 cm³/mol. The molecular weight excluding hydrogens is 538 g/mol. The number of benzene rings is 3. The number of likely N-dealkylation sites (tertiary alicyclic amines) is 1. The fraction of sp³-hybridized carbons (Fsp3) is 0.310. The van der Waals surface area contributed by atoms with E-state index in [4.69, 9.17) is 16.3 Å². The second-order valence-corrected chi connectivity index (χ2v) is 12.3. The lowest BCUT2D eigenvalue weighted by Crippen LogP contribution is -2.73. The fourth-order valence-corrected chi connectivity index (χ4v) is 6.69. The van der Waals surface area contributed by atoms with E-state index in [2.05, 4.69) is 10.0 Å². The summed E-state index contributed by atoms with van der Waals surface area (Å²) in [5, 5.41) is 3.40. The summed E-state index contributed by atoms with van der Waals surface area (Å²) in [5.41, 5.74) is 4.13. The van der Waals surface area contributed by atoms with Gasteiger partial charge in [-0.1, -0.05) is 35.9 Å². The molecule has 0 saturated carbocycles. The van der Waals surface area contributed by atoms with Crippen molar-refractivity contribution in [2.75, 3.05) is 32.0 Å². The van der Waals surface area contributed by atoms with E-state index in [1.807, 2.05) is 44.0 Å². The molecule has 4 rings (SSSR count). The van der Waals surface area contributed by atoms with E-state index in [1.54, 1.807) is 44.2 Å². The number of anilines is 1. The molecule has 0 atom stereocenters. The smallest absolute Gasteiger partial charge is 0.334 e. The number of halogens is 1. The van der Waals surface area contributed by atoms with Crippen LogP contribution >= 0.6 is 11.6 Å². The van der Waals surface area contributed by atoms with Crippen LogP contribution < -0.4 is 10.0 Å². The van der Waals surface area contributed by atoms with E-state index in [0.717, 1.165) is 22.3 Å². The minimum Gasteiger partial charge on any atom is -0.467 e. The molecule has 0 aromatic heterocycles. The zero-order chi connectivity index (χ0) is 28.7. The highest BCUT2D eigenvalue weighted by atomic mass is 35.5. The van der Waals surface area contributed by atoms with E-state index >= 15 is 0 Å². The minimum absolute atomic E-state index is 0.166. The molecule has 0 unspecified atom stereocenters. The Morgan fingerprint density at radius 2 is 1.56 bits per heavy atom. The highest BCUT2D eigenvalue weighted by Gasteiger charge is 2.50. The van der Waals surface area contributed by atoms with E-state index in [1.165, 1.54) is 7.11 Å². The molecule has 3 aromatic rings. The molecule has 1 aliphatic heterocycles. The Morgan fingerprint density at radius 1 is 0.923 bits per heavy atom. The van der Waals surface area contributed by atoms with Crippen LogP contribution in [-0.2, 0) is 19.6 Å². The molecular formula is C29H32ClN3O5S. The number of esters is 1. The number of hydrogen-bond acceptors (Lipinski definition) is 6. The van der Waals surface area contributed by atoms with Crippen LogP contribution in [-0.4, -0.2) is 58.0 Å². The quantitative estimate of drug-likeness (QED) is 0.402. The summed E-state index contributed by atoms with van der Waals surface area (Å²) < 4.78 is 33.9. The summed E-state index contributed by atoms with van der Waals surface area (Å²) in [6.07, 6.45) is 0. The Kier molecular flexibility index (Phi) is 7.80. The number of hydrogen-bond donors (Lipinski definition) is 2. The van der Waals surface area contributed by atoms with Crippen LogP contribution in [0.25, 0.3) is 11.1 Å². The molecule has 0 radical (unpaired) electrons. The molecule has 1 aliphatic rings. The third kappa shape index (κ3) is 5.66. The number of amides is 1. The van der Waals surface area contributed by atoms with Crippen molar-refractivity contribution in [2.45, 2.75) is 38.1 Å². The van der Waals surface area contributed by atoms with Gasteiger partial charge in [0.05, 0.1) is 12.0 Å². The number of likely N-dealkylation sites (N-methyl/N-ethyl adjacent to an activating group) is 1. The molecule has 2 N–H and O–H groups in total. The number of carbonyl (C=O) groups is 2. The lowest BCUT2D eigenvalue weighted by Gasteiger charge is -2.46. The van der Waals surface area contributed by atoms with Crippen molar-refractivity contribution in [3.05, 3.63) is 81.4 Å². The highest BCUT2D eigenvalue weighted by molar-refractivity contribution is 7.92. The predicted octanol–water partition coefficient (Wildman–Crippen LogP) is 4.63. The normalized spacial score (nSPS) is 14.8. The van der Waals surface area contributed by atoms with Gasteiger partial charge in [-0.15, -0.1) is 0 Å². The van der Waals surface area contributed by atoms with Crippen LogP contribution in [0.15, 0.2) is 53.4 Å². The zero-order valence-corrected chi connectivity index (χ0v) is 24.4. The lowest BCUT2D eigenvalue weighted by atomic mass is 9.88. The SMILES string of the molecule is COC(=O)C1(NC(=O)c2c(C)cc(-c3cccc(NS(=O)(=O)c4cc(C)c(Cl)cc4C)c3)cc2C)CN(C)C1.